The SMILES string of the molecule is COc1ccc(C(=O)Cn2c(=O)[nH]c3sc(C)cc3c2=O)cc1. The highest BCUT2D eigenvalue weighted by molar-refractivity contribution is 7.18. The van der Waals surface area contributed by atoms with Crippen molar-refractivity contribution in [1.82, 2.24) is 9.55 Å². The van der Waals surface area contributed by atoms with Crippen LogP contribution in [0.25, 0.3) is 10.2 Å². The molecule has 0 aliphatic carbocycles. The molecule has 23 heavy (non-hydrogen) atoms. The van der Waals surface area contributed by atoms with Gasteiger partial charge in [-0.3, -0.25) is 19.1 Å². The van der Waals surface area contributed by atoms with Gasteiger partial charge in [0.2, 0.25) is 0 Å². The van der Waals surface area contributed by atoms with E-state index >= 15 is 0 Å². The fourth-order valence-electron chi connectivity index (χ4n) is 2.32. The molecule has 3 aromatic rings. The standard InChI is InChI=1S/C16H14N2O4S/c1-9-7-12-14(23-9)17-16(21)18(15(12)20)8-13(19)10-3-5-11(22-2)6-4-10/h3-7H,8H2,1-2H3,(H,17,21). The second-order valence-corrected chi connectivity index (χ2v) is 6.33. The maximum Gasteiger partial charge on any atom is 0.329 e. The Hall–Kier alpha value is -2.67. The van der Waals surface area contributed by atoms with Crippen molar-refractivity contribution in [3.8, 4) is 5.75 Å². The van der Waals surface area contributed by atoms with E-state index in [0.717, 1.165) is 9.44 Å². The van der Waals surface area contributed by atoms with E-state index in [4.69, 9.17) is 4.74 Å². The van der Waals surface area contributed by atoms with Crippen LogP contribution in [0.2, 0.25) is 0 Å². The zero-order valence-electron chi connectivity index (χ0n) is 12.6. The molecule has 1 aromatic carbocycles. The number of ether oxygens (including phenoxy) is 1. The predicted molar refractivity (Wildman–Crippen MR) is 88.8 cm³/mol. The summed E-state index contributed by atoms with van der Waals surface area (Å²) < 4.78 is 5.97. The first kappa shape index (κ1) is 15.2. The number of aromatic nitrogens is 2. The predicted octanol–water partition coefficient (Wildman–Crippen LogP) is 1.95. The van der Waals surface area contributed by atoms with Crippen molar-refractivity contribution >= 4 is 27.3 Å². The highest BCUT2D eigenvalue weighted by atomic mass is 32.1. The zero-order valence-corrected chi connectivity index (χ0v) is 13.4. The van der Waals surface area contributed by atoms with Crippen LogP contribution < -0.4 is 16.0 Å². The minimum Gasteiger partial charge on any atom is -0.497 e. The average Bonchev–Trinajstić information content (AvgIpc) is 2.91. The van der Waals surface area contributed by atoms with Crippen LogP contribution in [-0.4, -0.2) is 22.4 Å². The molecular weight excluding hydrogens is 316 g/mol. The lowest BCUT2D eigenvalue weighted by molar-refractivity contribution is 0.0969. The van der Waals surface area contributed by atoms with Crippen LogP contribution in [0.3, 0.4) is 0 Å². The number of nitrogens with zero attached hydrogens (tertiary/aromatic N) is 1. The second-order valence-electron chi connectivity index (χ2n) is 5.07. The van der Waals surface area contributed by atoms with Gasteiger partial charge in [0.05, 0.1) is 19.0 Å². The third kappa shape index (κ3) is 2.83. The Morgan fingerprint density at radius 1 is 1.26 bits per heavy atom. The molecule has 2 aromatic heterocycles. The van der Waals surface area contributed by atoms with Crippen molar-refractivity contribution in [2.24, 2.45) is 0 Å². The molecule has 0 atom stereocenters. The van der Waals surface area contributed by atoms with Crippen LogP contribution in [0.15, 0.2) is 39.9 Å². The first-order chi connectivity index (χ1) is 11.0. The number of nitrogens with one attached hydrogen (secondary N) is 1. The van der Waals surface area contributed by atoms with Crippen LogP contribution in [0.1, 0.15) is 15.2 Å². The molecule has 2 heterocycles. The Labute approximate surface area is 135 Å². The molecule has 0 bridgehead atoms. The summed E-state index contributed by atoms with van der Waals surface area (Å²) in [5.74, 6) is 0.318. The lowest BCUT2D eigenvalue weighted by atomic mass is 10.1. The summed E-state index contributed by atoms with van der Waals surface area (Å²) in [4.78, 5) is 40.9. The van der Waals surface area contributed by atoms with Crippen LogP contribution >= 0.6 is 11.3 Å². The molecule has 0 amide bonds. The summed E-state index contributed by atoms with van der Waals surface area (Å²) in [5, 5.41) is 0.426. The topological polar surface area (TPSA) is 81.2 Å². The van der Waals surface area contributed by atoms with E-state index in [2.05, 4.69) is 4.98 Å². The number of hydrogen-bond acceptors (Lipinski definition) is 5. The number of methoxy groups -OCH3 is 1. The van der Waals surface area contributed by atoms with Gasteiger partial charge in [0, 0.05) is 10.4 Å². The Morgan fingerprint density at radius 3 is 2.61 bits per heavy atom. The average molecular weight is 330 g/mol. The third-order valence-corrected chi connectivity index (χ3v) is 4.48. The molecule has 0 aliphatic heterocycles. The second kappa shape index (κ2) is 5.85. The lowest BCUT2D eigenvalue weighted by Crippen LogP contribution is -2.36. The zero-order chi connectivity index (χ0) is 16.6. The van der Waals surface area contributed by atoms with Gasteiger partial charge in [-0.1, -0.05) is 0 Å². The monoisotopic (exact) mass is 330 g/mol. The van der Waals surface area contributed by atoms with E-state index < -0.39 is 11.2 Å². The van der Waals surface area contributed by atoms with Gasteiger partial charge in [-0.2, -0.15) is 0 Å². The minimum atomic E-state index is -0.578. The number of aryl methyl sites for hydroxylation is 1. The van der Waals surface area contributed by atoms with E-state index in [-0.39, 0.29) is 12.3 Å². The van der Waals surface area contributed by atoms with Gasteiger partial charge in [0.15, 0.2) is 5.78 Å². The Kier molecular flexibility index (Phi) is 3.87. The molecule has 0 radical (unpaired) electrons. The summed E-state index contributed by atoms with van der Waals surface area (Å²) >= 11 is 1.34. The van der Waals surface area contributed by atoms with Crippen LogP contribution in [0.5, 0.6) is 5.75 Å². The fraction of sp³-hybridized carbons (Fsp3) is 0.188. The quantitative estimate of drug-likeness (QED) is 0.741. The number of ketones is 1. The van der Waals surface area contributed by atoms with Gasteiger partial charge in [-0.25, -0.2) is 4.79 Å². The molecule has 0 aliphatic rings. The van der Waals surface area contributed by atoms with E-state index in [1.165, 1.54) is 18.4 Å². The van der Waals surface area contributed by atoms with E-state index in [1.807, 2.05) is 6.92 Å². The number of benzene rings is 1. The van der Waals surface area contributed by atoms with Gasteiger partial charge >= 0.3 is 5.69 Å². The summed E-state index contributed by atoms with van der Waals surface area (Å²) in [7, 11) is 1.54. The molecule has 6 nitrogen and oxygen atoms in total. The van der Waals surface area contributed by atoms with Crippen molar-refractivity contribution in [2.45, 2.75) is 13.5 Å². The largest absolute Gasteiger partial charge is 0.497 e. The summed E-state index contributed by atoms with van der Waals surface area (Å²) in [6.45, 7) is 1.56. The van der Waals surface area contributed by atoms with Crippen molar-refractivity contribution < 1.29 is 9.53 Å². The number of fused-ring (bicyclic) bond motifs is 1. The molecule has 1 N–H and O–H groups in total. The number of carbonyl (C=O) groups is 1. The van der Waals surface area contributed by atoms with E-state index in [1.54, 1.807) is 30.3 Å². The van der Waals surface area contributed by atoms with Gasteiger partial charge in [-0.15, -0.1) is 11.3 Å². The van der Waals surface area contributed by atoms with Crippen molar-refractivity contribution in [3.05, 3.63) is 61.6 Å². The summed E-state index contributed by atoms with van der Waals surface area (Å²) in [6, 6.07) is 8.24. The number of thiophene rings is 1. The molecule has 0 unspecified atom stereocenters. The Morgan fingerprint density at radius 2 is 1.96 bits per heavy atom. The molecule has 0 saturated heterocycles. The van der Waals surface area contributed by atoms with Crippen molar-refractivity contribution in [3.63, 3.8) is 0 Å². The van der Waals surface area contributed by atoms with Gasteiger partial charge in [0.25, 0.3) is 5.56 Å². The number of H-pyrrole nitrogens is 1. The van der Waals surface area contributed by atoms with Crippen LogP contribution in [0.4, 0.5) is 0 Å². The first-order valence-corrected chi connectivity index (χ1v) is 7.72. The molecule has 118 valence electrons. The van der Waals surface area contributed by atoms with Crippen molar-refractivity contribution in [1.29, 1.82) is 0 Å². The van der Waals surface area contributed by atoms with E-state index in [0.29, 0.717) is 21.5 Å². The van der Waals surface area contributed by atoms with Crippen molar-refractivity contribution in [2.75, 3.05) is 7.11 Å². The Balaban J connectivity index is 1.98. The first-order valence-electron chi connectivity index (χ1n) is 6.90. The summed E-state index contributed by atoms with van der Waals surface area (Å²) in [5.41, 5.74) is -0.611. The maximum absolute atomic E-state index is 12.4. The normalized spacial score (nSPS) is 10.9. The number of carbonyl (C=O) groups excluding carboxylic acids is 1. The highest BCUT2D eigenvalue weighted by Crippen LogP contribution is 2.18. The third-order valence-electron chi connectivity index (χ3n) is 3.51. The number of hydrogen-bond donors (Lipinski definition) is 1. The molecule has 0 fully saturated rings. The number of Topliss-reactive ketones (excluding diaryl/α,β-unsaturated/α-hetero) is 1. The molecule has 3 rings (SSSR count). The number of aromatic amines is 1. The minimum absolute atomic E-state index is 0.300. The summed E-state index contributed by atoms with van der Waals surface area (Å²) in [6.07, 6.45) is 0. The van der Waals surface area contributed by atoms with Crippen LogP contribution in [-0.2, 0) is 6.54 Å². The molecule has 7 heteroatoms. The molecule has 0 saturated carbocycles. The highest BCUT2D eigenvalue weighted by Gasteiger charge is 2.14. The smallest absolute Gasteiger partial charge is 0.329 e. The van der Waals surface area contributed by atoms with Gasteiger partial charge in [0.1, 0.15) is 10.6 Å². The maximum atomic E-state index is 12.4. The van der Waals surface area contributed by atoms with Gasteiger partial charge in [-0.05, 0) is 37.3 Å². The fourth-order valence-corrected chi connectivity index (χ4v) is 3.22. The molecular formula is C16H14N2O4S. The lowest BCUT2D eigenvalue weighted by Gasteiger charge is -2.05. The Bertz CT molecular complexity index is 996. The van der Waals surface area contributed by atoms with E-state index in [9.17, 15) is 14.4 Å². The molecule has 0 spiro atoms. The van der Waals surface area contributed by atoms with Crippen LogP contribution in [0, 0.1) is 6.92 Å². The number of rotatable bonds is 4. The van der Waals surface area contributed by atoms with Gasteiger partial charge < -0.3 is 4.74 Å².